The summed E-state index contributed by atoms with van der Waals surface area (Å²) in [5, 5.41) is 4.13. The van der Waals surface area contributed by atoms with Gasteiger partial charge in [0.15, 0.2) is 0 Å². The number of para-hydroxylation sites is 1. The molecule has 4 aromatic rings. The second kappa shape index (κ2) is 10.5. The number of rotatable bonds is 8. The van der Waals surface area contributed by atoms with Gasteiger partial charge in [-0.15, -0.1) is 0 Å². The molecule has 0 aliphatic carbocycles. The molecule has 0 atom stereocenters. The largest absolute Gasteiger partial charge is 0.497 e. The average molecular weight is 454 g/mol. The van der Waals surface area contributed by atoms with Crippen molar-refractivity contribution in [1.82, 2.24) is 9.99 Å². The molecule has 6 heteroatoms. The van der Waals surface area contributed by atoms with Crippen LogP contribution in [-0.2, 0) is 6.61 Å². The number of amides is 1. The molecule has 1 amide bonds. The summed E-state index contributed by atoms with van der Waals surface area (Å²) in [4.78, 5) is 12.5. The van der Waals surface area contributed by atoms with E-state index in [2.05, 4.69) is 41.1 Å². The molecule has 0 bridgehead atoms. The van der Waals surface area contributed by atoms with E-state index >= 15 is 0 Å². The van der Waals surface area contributed by atoms with Gasteiger partial charge in [0, 0.05) is 28.2 Å². The van der Waals surface area contributed by atoms with Gasteiger partial charge in [-0.05, 0) is 80.1 Å². The SMILES string of the molecule is COc1cccc(COc2ccccc2C=NNC(=O)c2ccc(-n3c(C)ccc3C)cc2)c1. The molecule has 0 aliphatic heterocycles. The van der Waals surface area contributed by atoms with Crippen LogP contribution < -0.4 is 14.9 Å². The van der Waals surface area contributed by atoms with Crippen LogP contribution in [0.3, 0.4) is 0 Å². The van der Waals surface area contributed by atoms with Crippen LogP contribution in [0.4, 0.5) is 0 Å². The van der Waals surface area contributed by atoms with E-state index in [-0.39, 0.29) is 5.91 Å². The summed E-state index contributed by atoms with van der Waals surface area (Å²) in [5.74, 6) is 1.17. The molecule has 0 saturated carbocycles. The predicted octanol–water partition coefficient (Wildman–Crippen LogP) is 5.45. The van der Waals surface area contributed by atoms with Crippen molar-refractivity contribution in [3.8, 4) is 17.2 Å². The number of methoxy groups -OCH3 is 1. The third-order valence-electron chi connectivity index (χ3n) is 5.48. The first kappa shape index (κ1) is 22.9. The fourth-order valence-electron chi connectivity index (χ4n) is 3.70. The van der Waals surface area contributed by atoms with Crippen molar-refractivity contribution < 1.29 is 14.3 Å². The Morgan fingerprint density at radius 2 is 1.68 bits per heavy atom. The van der Waals surface area contributed by atoms with Crippen molar-refractivity contribution in [2.75, 3.05) is 7.11 Å². The topological polar surface area (TPSA) is 64.8 Å². The van der Waals surface area contributed by atoms with Crippen molar-refractivity contribution in [3.63, 3.8) is 0 Å². The minimum Gasteiger partial charge on any atom is -0.497 e. The van der Waals surface area contributed by atoms with Gasteiger partial charge in [0.2, 0.25) is 0 Å². The predicted molar refractivity (Wildman–Crippen MR) is 134 cm³/mol. The zero-order chi connectivity index (χ0) is 23.9. The molecule has 34 heavy (non-hydrogen) atoms. The molecule has 3 aromatic carbocycles. The van der Waals surface area contributed by atoms with Gasteiger partial charge in [0.05, 0.1) is 13.3 Å². The molecular weight excluding hydrogens is 426 g/mol. The lowest BCUT2D eigenvalue weighted by Gasteiger charge is -2.10. The zero-order valence-corrected chi connectivity index (χ0v) is 19.5. The summed E-state index contributed by atoms with van der Waals surface area (Å²) in [6, 6.07) is 26.9. The number of aryl methyl sites for hydroxylation is 2. The Kier molecular flexibility index (Phi) is 7.08. The quantitative estimate of drug-likeness (QED) is 0.285. The maximum Gasteiger partial charge on any atom is 0.271 e. The van der Waals surface area contributed by atoms with Crippen LogP contribution in [0.5, 0.6) is 11.5 Å². The van der Waals surface area contributed by atoms with Crippen molar-refractivity contribution in [2.24, 2.45) is 5.10 Å². The smallest absolute Gasteiger partial charge is 0.271 e. The summed E-state index contributed by atoms with van der Waals surface area (Å²) in [5.41, 5.74) is 8.19. The summed E-state index contributed by atoms with van der Waals surface area (Å²) < 4.78 is 13.4. The first-order valence-electron chi connectivity index (χ1n) is 11.0. The Bertz CT molecular complexity index is 1290. The van der Waals surface area contributed by atoms with Gasteiger partial charge in [0.1, 0.15) is 18.1 Å². The number of nitrogens with zero attached hydrogens (tertiary/aromatic N) is 2. The van der Waals surface area contributed by atoms with E-state index < -0.39 is 0 Å². The molecule has 172 valence electrons. The highest BCUT2D eigenvalue weighted by Crippen LogP contribution is 2.20. The van der Waals surface area contributed by atoms with E-state index in [1.54, 1.807) is 25.5 Å². The highest BCUT2D eigenvalue weighted by Gasteiger charge is 2.08. The molecule has 0 aliphatic rings. The Hall–Kier alpha value is -4.32. The normalized spacial score (nSPS) is 10.9. The summed E-state index contributed by atoms with van der Waals surface area (Å²) in [6.45, 7) is 4.50. The minimum atomic E-state index is -0.279. The maximum atomic E-state index is 12.5. The number of carbonyl (C=O) groups is 1. The average Bonchev–Trinajstić information content (AvgIpc) is 3.21. The molecule has 0 spiro atoms. The van der Waals surface area contributed by atoms with Gasteiger partial charge in [-0.2, -0.15) is 5.10 Å². The number of aromatic nitrogens is 1. The molecule has 4 rings (SSSR count). The first-order valence-corrected chi connectivity index (χ1v) is 11.0. The third-order valence-corrected chi connectivity index (χ3v) is 5.48. The summed E-state index contributed by atoms with van der Waals surface area (Å²) in [6.07, 6.45) is 1.58. The monoisotopic (exact) mass is 453 g/mol. The van der Waals surface area contributed by atoms with E-state index in [0.29, 0.717) is 17.9 Å². The number of carbonyl (C=O) groups excluding carboxylic acids is 1. The maximum absolute atomic E-state index is 12.5. The molecular formula is C28H27N3O3. The first-order chi connectivity index (χ1) is 16.5. The van der Waals surface area contributed by atoms with Gasteiger partial charge in [-0.1, -0.05) is 24.3 Å². The molecule has 0 fully saturated rings. The Morgan fingerprint density at radius 3 is 2.41 bits per heavy atom. The van der Waals surface area contributed by atoms with E-state index in [9.17, 15) is 4.79 Å². The second-order valence-electron chi connectivity index (χ2n) is 7.88. The van der Waals surface area contributed by atoms with Crippen LogP contribution >= 0.6 is 0 Å². The van der Waals surface area contributed by atoms with Crippen LogP contribution in [0, 0.1) is 13.8 Å². The number of hydrogen-bond donors (Lipinski definition) is 1. The molecule has 0 radical (unpaired) electrons. The van der Waals surface area contributed by atoms with Gasteiger partial charge in [-0.3, -0.25) is 4.79 Å². The number of benzene rings is 3. The van der Waals surface area contributed by atoms with Crippen molar-refractivity contribution in [3.05, 3.63) is 113 Å². The number of ether oxygens (including phenoxy) is 2. The molecule has 6 nitrogen and oxygen atoms in total. The van der Waals surface area contributed by atoms with E-state index in [1.807, 2.05) is 60.7 Å². The fourth-order valence-corrected chi connectivity index (χ4v) is 3.70. The summed E-state index contributed by atoms with van der Waals surface area (Å²) in [7, 11) is 1.64. The van der Waals surface area contributed by atoms with Gasteiger partial charge in [0.25, 0.3) is 5.91 Å². The standard InChI is InChI=1S/C28H27N3O3/c1-20-11-12-21(2)31(20)25-15-13-23(14-16-25)28(32)30-29-18-24-8-4-5-10-27(24)34-19-22-7-6-9-26(17-22)33-3/h4-18H,19H2,1-3H3,(H,30,32). The lowest BCUT2D eigenvalue weighted by Crippen LogP contribution is -2.17. The molecule has 1 aromatic heterocycles. The van der Waals surface area contributed by atoms with Gasteiger partial charge >= 0.3 is 0 Å². The molecule has 1 N–H and O–H groups in total. The summed E-state index contributed by atoms with van der Waals surface area (Å²) >= 11 is 0. The van der Waals surface area contributed by atoms with Crippen LogP contribution in [-0.4, -0.2) is 23.8 Å². The van der Waals surface area contributed by atoms with Crippen molar-refractivity contribution in [1.29, 1.82) is 0 Å². The Labute approximate surface area is 199 Å². The molecule has 0 unspecified atom stereocenters. The van der Waals surface area contributed by atoms with E-state index in [0.717, 1.165) is 34.0 Å². The lowest BCUT2D eigenvalue weighted by atomic mass is 10.2. The lowest BCUT2D eigenvalue weighted by molar-refractivity contribution is 0.0955. The number of nitrogens with one attached hydrogen (secondary N) is 1. The Morgan fingerprint density at radius 1 is 0.941 bits per heavy atom. The van der Waals surface area contributed by atoms with Crippen LogP contribution in [0.15, 0.2) is 90.0 Å². The third kappa shape index (κ3) is 5.35. The number of hydrogen-bond acceptors (Lipinski definition) is 4. The van der Waals surface area contributed by atoms with Crippen LogP contribution in [0.2, 0.25) is 0 Å². The van der Waals surface area contributed by atoms with Crippen molar-refractivity contribution in [2.45, 2.75) is 20.5 Å². The number of hydrazone groups is 1. The van der Waals surface area contributed by atoms with Gasteiger partial charge in [-0.25, -0.2) is 5.43 Å². The highest BCUT2D eigenvalue weighted by atomic mass is 16.5. The van der Waals surface area contributed by atoms with Crippen LogP contribution in [0.25, 0.3) is 5.69 Å². The fraction of sp³-hybridized carbons (Fsp3) is 0.143. The van der Waals surface area contributed by atoms with Crippen molar-refractivity contribution >= 4 is 12.1 Å². The Balaban J connectivity index is 1.39. The van der Waals surface area contributed by atoms with E-state index in [4.69, 9.17) is 9.47 Å². The van der Waals surface area contributed by atoms with Gasteiger partial charge < -0.3 is 14.0 Å². The zero-order valence-electron chi connectivity index (χ0n) is 19.5. The second-order valence-corrected chi connectivity index (χ2v) is 7.88. The molecule has 1 heterocycles. The van der Waals surface area contributed by atoms with E-state index in [1.165, 1.54) is 0 Å². The molecule has 0 saturated heterocycles. The minimum absolute atomic E-state index is 0.279. The highest BCUT2D eigenvalue weighted by molar-refractivity contribution is 5.95. The van der Waals surface area contributed by atoms with Crippen LogP contribution in [0.1, 0.15) is 32.9 Å².